The highest BCUT2D eigenvalue weighted by Gasteiger charge is 2.71. The van der Waals surface area contributed by atoms with Crippen LogP contribution in [-0.2, 0) is 20.0 Å². The fourth-order valence-electron chi connectivity index (χ4n) is 5.45. The molecule has 3 aliphatic rings. The van der Waals surface area contributed by atoms with Crippen molar-refractivity contribution in [2.24, 2.45) is 18.9 Å². The predicted molar refractivity (Wildman–Crippen MR) is 121 cm³/mol. The van der Waals surface area contributed by atoms with Gasteiger partial charge in [0.2, 0.25) is 0 Å². The highest BCUT2D eigenvalue weighted by molar-refractivity contribution is 5.94. The van der Waals surface area contributed by atoms with E-state index in [4.69, 9.17) is 0 Å². The van der Waals surface area contributed by atoms with Crippen LogP contribution < -0.4 is 10.2 Å². The molecule has 3 aromatic rings. The molecule has 11 heteroatoms. The van der Waals surface area contributed by atoms with Crippen LogP contribution in [0.3, 0.4) is 0 Å². The molecule has 1 saturated heterocycles. The lowest BCUT2D eigenvalue weighted by atomic mass is 10.1. The molecule has 2 fully saturated rings. The standard InChI is InChI=1S/C24H24F2N8O/c1-13-14(6-28-22(16(13)5-27)33-10-17-18(11-33)24(17,25)26)8-34-9-15(7-30-34)23(35)31-19-3-4-20-21(19)29-12-32(20)2/h6-7,9,12,17-19H,3-4,8,10-11H2,1-2H3,(H,31,35)/t17?,18?,19-/m1/s1. The Labute approximate surface area is 200 Å². The van der Waals surface area contributed by atoms with Crippen LogP contribution in [0.15, 0.2) is 24.9 Å². The molecule has 9 nitrogen and oxygen atoms in total. The normalized spacial score (nSPS) is 23.6. The summed E-state index contributed by atoms with van der Waals surface area (Å²) >= 11 is 0. The number of imidazole rings is 1. The minimum atomic E-state index is -2.58. The van der Waals surface area contributed by atoms with Crippen molar-refractivity contribution in [1.82, 2.24) is 29.6 Å². The number of pyridine rings is 1. The zero-order chi connectivity index (χ0) is 24.5. The van der Waals surface area contributed by atoms with Gasteiger partial charge in [0.1, 0.15) is 11.9 Å². The van der Waals surface area contributed by atoms with E-state index in [0.29, 0.717) is 23.5 Å². The minimum Gasteiger partial charge on any atom is -0.354 e. The molecule has 0 radical (unpaired) electrons. The van der Waals surface area contributed by atoms with Gasteiger partial charge in [-0.25, -0.2) is 18.7 Å². The maximum Gasteiger partial charge on any atom is 0.258 e. The zero-order valence-corrected chi connectivity index (χ0v) is 19.4. The fourth-order valence-corrected chi connectivity index (χ4v) is 5.45. The van der Waals surface area contributed by atoms with Crippen LogP contribution in [0, 0.1) is 30.1 Å². The quantitative estimate of drug-likeness (QED) is 0.604. The molecule has 180 valence electrons. The molecule has 6 rings (SSSR count). The van der Waals surface area contributed by atoms with Crippen molar-refractivity contribution in [3.8, 4) is 6.07 Å². The number of nitrogens with one attached hydrogen (secondary N) is 1. The Hall–Kier alpha value is -3.81. The molecule has 0 bridgehead atoms. The summed E-state index contributed by atoms with van der Waals surface area (Å²) in [5.74, 6) is -3.62. The van der Waals surface area contributed by atoms with E-state index >= 15 is 0 Å². The highest BCUT2D eigenvalue weighted by Crippen LogP contribution is 2.59. The lowest BCUT2D eigenvalue weighted by Crippen LogP contribution is -2.29. The number of hydrogen-bond donors (Lipinski definition) is 1. The van der Waals surface area contributed by atoms with Crippen molar-refractivity contribution in [3.63, 3.8) is 0 Å². The number of carbonyl (C=O) groups is 1. The number of carbonyl (C=O) groups excluding carboxylic acids is 1. The molecule has 1 aliphatic heterocycles. The molecule has 3 atom stereocenters. The molecular weight excluding hydrogens is 454 g/mol. The van der Waals surface area contributed by atoms with E-state index in [2.05, 4.69) is 26.5 Å². The molecule has 2 unspecified atom stereocenters. The maximum atomic E-state index is 13.6. The first-order valence-corrected chi connectivity index (χ1v) is 11.6. The largest absolute Gasteiger partial charge is 0.354 e. The van der Waals surface area contributed by atoms with Crippen molar-refractivity contribution in [2.45, 2.75) is 38.3 Å². The Balaban J connectivity index is 1.15. The lowest BCUT2D eigenvalue weighted by molar-refractivity contribution is 0.0796. The lowest BCUT2D eigenvalue weighted by Gasteiger charge is -2.23. The Morgan fingerprint density at radius 2 is 2.06 bits per heavy atom. The fraction of sp³-hybridized carbons (Fsp3) is 0.458. The zero-order valence-electron chi connectivity index (χ0n) is 19.4. The Morgan fingerprint density at radius 3 is 2.80 bits per heavy atom. The number of alkyl halides is 2. The average molecular weight is 479 g/mol. The van der Waals surface area contributed by atoms with Gasteiger partial charge in [-0.2, -0.15) is 10.4 Å². The van der Waals surface area contributed by atoms with Crippen molar-refractivity contribution < 1.29 is 13.6 Å². The van der Waals surface area contributed by atoms with E-state index < -0.39 is 17.8 Å². The van der Waals surface area contributed by atoms with Gasteiger partial charge in [-0.05, 0) is 30.9 Å². The summed E-state index contributed by atoms with van der Waals surface area (Å²) in [6.45, 7) is 2.60. The monoisotopic (exact) mass is 478 g/mol. The summed E-state index contributed by atoms with van der Waals surface area (Å²) in [7, 11) is 1.95. The number of halogens is 2. The number of anilines is 1. The third-order valence-corrected chi connectivity index (χ3v) is 7.66. The van der Waals surface area contributed by atoms with E-state index in [1.807, 2.05) is 18.5 Å². The summed E-state index contributed by atoms with van der Waals surface area (Å²) in [5.41, 5.74) is 4.41. The van der Waals surface area contributed by atoms with Gasteiger partial charge in [-0.1, -0.05) is 0 Å². The molecule has 1 N–H and O–H groups in total. The molecule has 0 spiro atoms. The molecule has 4 heterocycles. The number of aryl methyl sites for hydroxylation is 1. The molecule has 3 aromatic heterocycles. The van der Waals surface area contributed by atoms with Crippen LogP contribution in [0.25, 0.3) is 0 Å². The van der Waals surface area contributed by atoms with E-state index in [1.54, 1.807) is 28.3 Å². The topological polar surface area (TPSA) is 105 Å². The van der Waals surface area contributed by atoms with Gasteiger partial charge in [-0.3, -0.25) is 9.48 Å². The number of amides is 1. The average Bonchev–Trinajstić information content (AvgIpc) is 3.47. The first-order valence-electron chi connectivity index (χ1n) is 11.6. The van der Waals surface area contributed by atoms with E-state index in [9.17, 15) is 18.8 Å². The maximum absolute atomic E-state index is 13.6. The second-order valence-corrected chi connectivity index (χ2v) is 9.69. The van der Waals surface area contributed by atoms with Gasteiger partial charge >= 0.3 is 0 Å². The summed E-state index contributed by atoms with van der Waals surface area (Å²) in [6.07, 6.45) is 8.30. The highest BCUT2D eigenvalue weighted by atomic mass is 19.3. The van der Waals surface area contributed by atoms with E-state index in [0.717, 1.165) is 35.4 Å². The summed E-state index contributed by atoms with van der Waals surface area (Å²) in [4.78, 5) is 23.5. The molecular formula is C24H24F2N8O. The predicted octanol–water partition coefficient (Wildman–Crippen LogP) is 2.36. The first-order chi connectivity index (χ1) is 16.8. The number of piperidine rings is 1. The van der Waals surface area contributed by atoms with Crippen LogP contribution >= 0.6 is 0 Å². The molecule has 35 heavy (non-hydrogen) atoms. The summed E-state index contributed by atoms with van der Waals surface area (Å²) in [6, 6.07) is 2.08. The van der Waals surface area contributed by atoms with Crippen molar-refractivity contribution in [3.05, 3.63) is 58.6 Å². The molecule has 0 aromatic carbocycles. The first kappa shape index (κ1) is 21.7. The van der Waals surface area contributed by atoms with Gasteiger partial charge in [0.25, 0.3) is 11.8 Å². The van der Waals surface area contributed by atoms with Crippen LogP contribution in [-0.4, -0.2) is 49.2 Å². The molecule has 1 amide bonds. The second-order valence-electron chi connectivity index (χ2n) is 9.69. The third kappa shape index (κ3) is 3.38. The number of hydrogen-bond acceptors (Lipinski definition) is 6. The SMILES string of the molecule is Cc1c(Cn2cc(C(=O)N[C@@H]3CCc4c3ncn4C)cn2)cnc(N2CC3C(C2)C3(F)F)c1C#N. The van der Waals surface area contributed by atoms with Crippen molar-refractivity contribution in [2.75, 3.05) is 18.0 Å². The van der Waals surface area contributed by atoms with Gasteiger partial charge in [-0.15, -0.1) is 0 Å². The van der Waals surface area contributed by atoms with E-state index in [-0.39, 0.29) is 25.0 Å². The van der Waals surface area contributed by atoms with Gasteiger partial charge < -0.3 is 14.8 Å². The van der Waals surface area contributed by atoms with Gasteiger partial charge in [0, 0.05) is 38.2 Å². The third-order valence-electron chi connectivity index (χ3n) is 7.66. The molecule has 2 aliphatic carbocycles. The Bertz CT molecular complexity index is 1370. The van der Waals surface area contributed by atoms with Crippen molar-refractivity contribution >= 4 is 11.7 Å². The van der Waals surface area contributed by atoms with Gasteiger partial charge in [0.05, 0.1) is 53.8 Å². The van der Waals surface area contributed by atoms with Crippen LogP contribution in [0.1, 0.15) is 50.9 Å². The summed E-state index contributed by atoms with van der Waals surface area (Å²) in [5, 5.41) is 17.1. The van der Waals surface area contributed by atoms with Crippen molar-refractivity contribution in [1.29, 1.82) is 5.26 Å². The number of rotatable bonds is 5. The smallest absolute Gasteiger partial charge is 0.258 e. The minimum absolute atomic E-state index is 0.115. The number of aromatic nitrogens is 5. The molecule has 1 saturated carbocycles. The Kier molecular flexibility index (Phi) is 4.71. The van der Waals surface area contributed by atoms with Gasteiger partial charge in [0.15, 0.2) is 0 Å². The van der Waals surface area contributed by atoms with E-state index in [1.165, 1.54) is 6.20 Å². The number of fused-ring (bicyclic) bond motifs is 2. The Morgan fingerprint density at radius 1 is 1.29 bits per heavy atom. The number of nitrogens with zero attached hydrogens (tertiary/aromatic N) is 7. The number of nitriles is 1. The van der Waals surface area contributed by atoms with Crippen LogP contribution in [0.4, 0.5) is 14.6 Å². The second kappa shape index (κ2) is 7.60. The van der Waals surface area contributed by atoms with Crippen LogP contribution in [0.2, 0.25) is 0 Å². The summed E-state index contributed by atoms with van der Waals surface area (Å²) < 4.78 is 30.8. The van der Waals surface area contributed by atoms with Crippen LogP contribution in [0.5, 0.6) is 0 Å².